The molecular weight excluding hydrogens is 228 g/mol. The van der Waals surface area contributed by atoms with E-state index < -0.39 is 0 Å². The summed E-state index contributed by atoms with van der Waals surface area (Å²) in [6, 6.07) is 9.39. The average molecular weight is 246 g/mol. The molecule has 1 amide bonds. The van der Waals surface area contributed by atoms with E-state index >= 15 is 0 Å². The highest BCUT2D eigenvalue weighted by atomic mass is 16.2. The van der Waals surface area contributed by atoms with Crippen LogP contribution in [-0.4, -0.2) is 36.2 Å². The Kier molecular flexibility index (Phi) is 4.10. The van der Waals surface area contributed by atoms with Crippen molar-refractivity contribution in [2.45, 2.75) is 19.4 Å². The van der Waals surface area contributed by atoms with E-state index in [2.05, 4.69) is 5.32 Å². The molecule has 1 fully saturated rings. The van der Waals surface area contributed by atoms with Crippen LogP contribution in [0.15, 0.2) is 30.3 Å². The van der Waals surface area contributed by atoms with Crippen LogP contribution < -0.4 is 5.32 Å². The smallest absolute Gasteiger partial charge is 0.234 e. The van der Waals surface area contributed by atoms with Crippen molar-refractivity contribution in [1.29, 1.82) is 0 Å². The van der Waals surface area contributed by atoms with Gasteiger partial charge in [-0.25, -0.2) is 0 Å². The van der Waals surface area contributed by atoms with Crippen molar-refractivity contribution in [3.05, 3.63) is 35.9 Å². The van der Waals surface area contributed by atoms with Gasteiger partial charge >= 0.3 is 0 Å². The Labute approximate surface area is 107 Å². The Bertz CT molecular complexity index is 431. The lowest BCUT2D eigenvalue weighted by molar-refractivity contribution is -0.129. The highest BCUT2D eigenvalue weighted by Gasteiger charge is 2.29. The summed E-state index contributed by atoms with van der Waals surface area (Å²) in [5.74, 6) is 0.155. The average Bonchev–Trinajstić information content (AvgIpc) is 2.40. The van der Waals surface area contributed by atoms with Crippen LogP contribution >= 0.6 is 0 Å². The summed E-state index contributed by atoms with van der Waals surface area (Å²) in [4.78, 5) is 25.6. The Morgan fingerprint density at radius 2 is 2.11 bits per heavy atom. The first kappa shape index (κ1) is 12.8. The van der Waals surface area contributed by atoms with Crippen molar-refractivity contribution >= 4 is 11.7 Å². The minimum Gasteiger partial charge on any atom is -0.354 e. The summed E-state index contributed by atoms with van der Waals surface area (Å²) >= 11 is 0. The van der Waals surface area contributed by atoms with Crippen molar-refractivity contribution in [3.63, 3.8) is 0 Å². The number of hydrogen-bond donors (Lipinski definition) is 1. The van der Waals surface area contributed by atoms with Crippen molar-refractivity contribution in [2.24, 2.45) is 0 Å². The van der Waals surface area contributed by atoms with Crippen LogP contribution in [0.1, 0.15) is 24.9 Å². The van der Waals surface area contributed by atoms with E-state index in [9.17, 15) is 9.59 Å². The fraction of sp³-hybridized carbons (Fsp3) is 0.429. The summed E-state index contributed by atoms with van der Waals surface area (Å²) < 4.78 is 0. The highest BCUT2D eigenvalue weighted by molar-refractivity contribution is 5.86. The molecule has 0 spiro atoms. The summed E-state index contributed by atoms with van der Waals surface area (Å²) in [6.07, 6.45) is 0.484. The van der Waals surface area contributed by atoms with Gasteiger partial charge in [0.15, 0.2) is 5.78 Å². The number of nitrogens with zero attached hydrogens (tertiary/aromatic N) is 1. The Hall–Kier alpha value is -1.68. The first-order valence-corrected chi connectivity index (χ1v) is 6.30. The van der Waals surface area contributed by atoms with Gasteiger partial charge in [-0.1, -0.05) is 37.3 Å². The molecule has 0 saturated carbocycles. The van der Waals surface area contributed by atoms with E-state index in [0.29, 0.717) is 19.5 Å². The zero-order valence-corrected chi connectivity index (χ0v) is 10.6. The molecule has 1 aliphatic rings. The predicted molar refractivity (Wildman–Crippen MR) is 69.1 cm³/mol. The van der Waals surface area contributed by atoms with E-state index in [4.69, 9.17) is 0 Å². The quantitative estimate of drug-likeness (QED) is 0.866. The minimum absolute atomic E-state index is 0.00826. The van der Waals surface area contributed by atoms with E-state index in [1.54, 1.807) is 0 Å². The number of amides is 1. The standard InChI is InChI=1S/C14H18N2O2/c1-2-12(17)14(11-6-4-3-5-7-11)16-9-8-15-13(18)10-16/h3-7,14H,2,8-10H2,1H3,(H,15,18)/t14-/m1/s1. The summed E-state index contributed by atoms with van der Waals surface area (Å²) in [6.45, 7) is 3.49. The minimum atomic E-state index is -0.290. The molecule has 1 heterocycles. The van der Waals surface area contributed by atoms with Crippen LogP contribution in [0.4, 0.5) is 0 Å². The van der Waals surface area contributed by atoms with Crippen LogP contribution in [-0.2, 0) is 9.59 Å². The van der Waals surface area contributed by atoms with E-state index in [1.165, 1.54) is 0 Å². The number of carbonyl (C=O) groups is 2. The van der Waals surface area contributed by atoms with Crippen LogP contribution in [0.3, 0.4) is 0 Å². The lowest BCUT2D eigenvalue weighted by Gasteiger charge is -2.33. The number of benzene rings is 1. The van der Waals surface area contributed by atoms with Crippen LogP contribution in [0.25, 0.3) is 0 Å². The van der Waals surface area contributed by atoms with Gasteiger partial charge in [0, 0.05) is 19.5 Å². The molecule has 1 aliphatic heterocycles. The molecular formula is C14H18N2O2. The molecule has 0 aromatic heterocycles. The molecule has 0 unspecified atom stereocenters. The van der Waals surface area contributed by atoms with Crippen molar-refractivity contribution in [1.82, 2.24) is 10.2 Å². The fourth-order valence-corrected chi connectivity index (χ4v) is 2.31. The number of piperazine rings is 1. The van der Waals surface area contributed by atoms with Gasteiger partial charge < -0.3 is 5.32 Å². The monoisotopic (exact) mass is 246 g/mol. The van der Waals surface area contributed by atoms with Crippen molar-refractivity contribution < 1.29 is 9.59 Å². The SMILES string of the molecule is CCC(=O)[C@@H](c1ccccc1)N1CCNC(=O)C1. The second kappa shape index (κ2) is 5.78. The number of nitrogens with one attached hydrogen (secondary N) is 1. The molecule has 1 aromatic rings. The molecule has 1 aromatic carbocycles. The summed E-state index contributed by atoms with van der Waals surface area (Å²) in [7, 11) is 0. The van der Waals surface area contributed by atoms with Crippen molar-refractivity contribution in [3.8, 4) is 0 Å². The molecule has 0 aliphatic carbocycles. The third-order valence-corrected chi connectivity index (χ3v) is 3.20. The maximum atomic E-state index is 12.1. The normalized spacial score (nSPS) is 18.2. The number of ketones is 1. The third-order valence-electron chi connectivity index (χ3n) is 3.20. The molecule has 1 N–H and O–H groups in total. The topological polar surface area (TPSA) is 49.4 Å². The number of Topliss-reactive ketones (excluding diaryl/α,β-unsaturated/α-hetero) is 1. The summed E-state index contributed by atoms with van der Waals surface area (Å²) in [5.41, 5.74) is 0.971. The Morgan fingerprint density at radius 1 is 1.39 bits per heavy atom. The van der Waals surface area contributed by atoms with Gasteiger partial charge in [0.1, 0.15) is 0 Å². The van der Waals surface area contributed by atoms with Gasteiger partial charge in [0.25, 0.3) is 0 Å². The van der Waals surface area contributed by atoms with Crippen molar-refractivity contribution in [2.75, 3.05) is 19.6 Å². The van der Waals surface area contributed by atoms with E-state index in [0.717, 1.165) is 12.1 Å². The Balaban J connectivity index is 2.25. The summed E-state index contributed by atoms with van der Waals surface area (Å²) in [5, 5.41) is 2.78. The number of hydrogen-bond acceptors (Lipinski definition) is 3. The number of carbonyl (C=O) groups excluding carboxylic acids is 2. The maximum Gasteiger partial charge on any atom is 0.234 e. The van der Waals surface area contributed by atoms with Gasteiger partial charge in [0.05, 0.1) is 12.6 Å². The van der Waals surface area contributed by atoms with Gasteiger partial charge in [-0.15, -0.1) is 0 Å². The predicted octanol–water partition coefficient (Wildman–Crippen LogP) is 1.14. The van der Waals surface area contributed by atoms with Gasteiger partial charge in [-0.05, 0) is 5.56 Å². The van der Waals surface area contributed by atoms with Gasteiger partial charge in [-0.3, -0.25) is 14.5 Å². The molecule has 1 atom stereocenters. The Morgan fingerprint density at radius 3 is 2.72 bits per heavy atom. The highest BCUT2D eigenvalue weighted by Crippen LogP contribution is 2.23. The first-order chi connectivity index (χ1) is 8.72. The maximum absolute atomic E-state index is 12.1. The largest absolute Gasteiger partial charge is 0.354 e. The molecule has 1 saturated heterocycles. The lowest BCUT2D eigenvalue weighted by atomic mass is 9.99. The van der Waals surface area contributed by atoms with Crippen LogP contribution in [0.2, 0.25) is 0 Å². The van der Waals surface area contributed by atoms with Gasteiger partial charge in [0.2, 0.25) is 5.91 Å². The molecule has 96 valence electrons. The zero-order chi connectivity index (χ0) is 13.0. The molecule has 4 nitrogen and oxygen atoms in total. The second-order valence-electron chi connectivity index (χ2n) is 4.45. The lowest BCUT2D eigenvalue weighted by Crippen LogP contribution is -2.50. The molecule has 18 heavy (non-hydrogen) atoms. The first-order valence-electron chi connectivity index (χ1n) is 6.30. The van der Waals surface area contributed by atoms with Crippen LogP contribution in [0.5, 0.6) is 0 Å². The molecule has 4 heteroatoms. The van der Waals surface area contributed by atoms with E-state index in [1.807, 2.05) is 42.2 Å². The molecule has 0 radical (unpaired) electrons. The number of rotatable bonds is 4. The third kappa shape index (κ3) is 2.76. The van der Waals surface area contributed by atoms with Crippen LogP contribution in [0, 0.1) is 0 Å². The zero-order valence-electron chi connectivity index (χ0n) is 10.6. The van der Waals surface area contributed by atoms with Gasteiger partial charge in [-0.2, -0.15) is 0 Å². The fourth-order valence-electron chi connectivity index (χ4n) is 2.31. The molecule has 2 rings (SSSR count). The molecule has 0 bridgehead atoms. The van der Waals surface area contributed by atoms with E-state index in [-0.39, 0.29) is 17.7 Å². The second-order valence-corrected chi connectivity index (χ2v) is 4.45.